The Morgan fingerprint density at radius 2 is 1.55 bits per heavy atom. The molecule has 0 saturated heterocycles. The van der Waals surface area contributed by atoms with Crippen LogP contribution in [0.3, 0.4) is 0 Å². The van der Waals surface area contributed by atoms with Crippen LogP contribution in [0.4, 0.5) is 29.0 Å². The molecule has 1 aromatic heterocycles. The summed E-state index contributed by atoms with van der Waals surface area (Å²) in [6, 6.07) is 8.70. The Kier molecular flexibility index (Phi) is 10.5. The van der Waals surface area contributed by atoms with E-state index in [9.17, 15) is 53.9 Å². The van der Waals surface area contributed by atoms with Crippen LogP contribution in [0.1, 0.15) is 15.9 Å². The Morgan fingerprint density at radius 3 is 2.14 bits per heavy atom. The minimum absolute atomic E-state index is 0.117. The summed E-state index contributed by atoms with van der Waals surface area (Å²) >= 11 is 11.0. The van der Waals surface area contributed by atoms with E-state index in [1.165, 1.54) is 24.3 Å². The number of amidine groups is 1. The zero-order valence-electron chi connectivity index (χ0n) is 23.4. The number of halogens is 1. The first kappa shape index (κ1) is 37.0. The topological polar surface area (TPSA) is 337 Å². The maximum atomic E-state index is 12.3. The van der Waals surface area contributed by atoms with E-state index in [0.29, 0.717) is 6.07 Å². The number of phenolic OH excluding ortho intramolecular Hbond substituents is 1. The quantitative estimate of drug-likeness (QED) is 0.0302. The number of carbonyl (C=O) groups is 1. The van der Waals surface area contributed by atoms with Gasteiger partial charge >= 0.3 is 267 Å². The number of aromatic hydroxyl groups is 1. The van der Waals surface area contributed by atoms with E-state index < -0.39 is 85.1 Å². The number of rotatable bonds is 10. The number of nitrogen functional groups attached to an aromatic ring is 1. The molecule has 1 heterocycles. The van der Waals surface area contributed by atoms with Gasteiger partial charge in [0.2, 0.25) is 0 Å². The first-order valence-corrected chi connectivity index (χ1v) is 17.4. The van der Waals surface area contributed by atoms with Crippen molar-refractivity contribution in [3.8, 4) is 5.75 Å². The standard InChI is InChI=1S/C23H18ClN9O12S3.Cu/c24-21-27-22(25)29-23(28-21)26-12-5-3-6-13(17(12)20(35)36)30-32-19(11-4-1-2-7-15(11)47(40,41)42)33-31-14-8-10(46(37,38)39)9-16(18(14)34)48(43,44)45;/h1-9H,(H9,25,26,27,28,29,30,31,32,33,34,35,36,37,38,39,40,41,42,43,44,45);/q;+2/p-1. The number of hydrogen-bond donors (Lipinski definition) is 7. The summed E-state index contributed by atoms with van der Waals surface area (Å²) in [6.07, 6.45) is 0. The Hall–Kier alpha value is -4.85. The molecule has 261 valence electrons. The summed E-state index contributed by atoms with van der Waals surface area (Å²) in [6.45, 7) is 0. The molecule has 4 aromatic rings. The van der Waals surface area contributed by atoms with Gasteiger partial charge in [0.15, 0.2) is 0 Å². The van der Waals surface area contributed by atoms with Gasteiger partial charge in [0, 0.05) is 0 Å². The second-order valence-corrected chi connectivity index (χ2v) is 13.9. The average Bonchev–Trinajstić information content (AvgIpc) is 2.97. The number of benzene rings is 3. The van der Waals surface area contributed by atoms with E-state index in [-0.39, 0.29) is 32.6 Å². The number of hydrogen-bond acceptors (Lipinski definition) is 15. The molecule has 26 heteroatoms. The molecule has 0 atom stereocenters. The SMILES string of the molecule is Nc1nc(Cl)nc(Nc2cccc(N=NC(=N[N+](=[Cu])c3cc(S(=O)(=O)O)cc(S(=O)(=O)O)c3O)c3ccccc3S(=O)(=O)O)c2C(=O)O)n1. The predicted molar refractivity (Wildman–Crippen MR) is 161 cm³/mol. The van der Waals surface area contributed by atoms with Crippen LogP contribution in [-0.4, -0.2) is 79.5 Å². The van der Waals surface area contributed by atoms with Crippen molar-refractivity contribution in [2.45, 2.75) is 14.7 Å². The fraction of sp³-hybridized carbons (Fsp3) is 0. The van der Waals surface area contributed by atoms with Crippen LogP contribution in [0.15, 0.2) is 84.6 Å². The summed E-state index contributed by atoms with van der Waals surface area (Å²) in [5.74, 6) is -4.41. The molecule has 21 nitrogen and oxygen atoms in total. The second-order valence-electron chi connectivity index (χ2n) is 8.98. The third-order valence-corrected chi connectivity index (χ3v) is 8.85. The van der Waals surface area contributed by atoms with Crippen molar-refractivity contribution >= 4 is 82.7 Å². The third kappa shape index (κ3) is 8.79. The van der Waals surface area contributed by atoms with Gasteiger partial charge in [-0.05, 0) is 11.6 Å². The molecule has 0 saturated carbocycles. The van der Waals surface area contributed by atoms with Gasteiger partial charge in [-0.15, -0.1) is 0 Å². The van der Waals surface area contributed by atoms with Crippen molar-refractivity contribution in [1.82, 2.24) is 15.0 Å². The molecule has 0 radical (unpaired) electrons. The van der Waals surface area contributed by atoms with Crippen LogP contribution in [0, 0.1) is 0 Å². The molecule has 0 aliphatic rings. The molecule has 49 heavy (non-hydrogen) atoms. The van der Waals surface area contributed by atoms with Gasteiger partial charge in [0.05, 0.1) is 0 Å². The predicted octanol–water partition coefficient (Wildman–Crippen LogP) is 2.51. The summed E-state index contributed by atoms with van der Waals surface area (Å²) in [7, 11) is -15.6. The zero-order chi connectivity index (χ0) is 36.5. The number of carboxylic acids is 1. The van der Waals surface area contributed by atoms with Gasteiger partial charge < -0.3 is 5.73 Å². The molecule has 0 spiro atoms. The van der Waals surface area contributed by atoms with Crippen molar-refractivity contribution in [3.05, 3.63) is 71.0 Å². The second kappa shape index (κ2) is 13.9. The number of nitrogens with zero attached hydrogens (tertiary/aromatic N) is 7. The average molecular weight is 807 g/mol. The summed E-state index contributed by atoms with van der Waals surface area (Å²) in [5.41, 5.74) is 2.81. The normalized spacial score (nSPS) is 12.7. The number of nitrogens with one attached hydrogen (secondary N) is 1. The molecule has 0 fully saturated rings. The van der Waals surface area contributed by atoms with Gasteiger partial charge in [-0.1, -0.05) is 0 Å². The zero-order valence-corrected chi connectivity index (χ0v) is 27.5. The van der Waals surface area contributed by atoms with Crippen LogP contribution >= 0.6 is 11.6 Å². The molecule has 0 aliphatic heterocycles. The summed E-state index contributed by atoms with van der Waals surface area (Å²) in [5, 5.41) is 34.2. The number of aromatic carboxylic acids is 1. The Bertz CT molecular complexity index is 2430. The molecule has 0 bridgehead atoms. The maximum absolute atomic E-state index is 12.3. The molecule has 4 rings (SSSR count). The molecular formula is C23H17ClCuN9O12S3+. The van der Waals surface area contributed by atoms with Crippen LogP contribution in [0.2, 0.25) is 5.28 Å². The van der Waals surface area contributed by atoms with E-state index in [1.54, 1.807) is 0 Å². The van der Waals surface area contributed by atoms with Crippen LogP contribution in [-0.2, 0) is 46.2 Å². The monoisotopic (exact) mass is 805 g/mol. The number of aromatic nitrogens is 3. The van der Waals surface area contributed by atoms with E-state index in [0.717, 1.165) is 18.2 Å². The van der Waals surface area contributed by atoms with E-state index in [4.69, 9.17) is 33.2 Å². The molecular weight excluding hydrogens is 790 g/mol. The van der Waals surface area contributed by atoms with Crippen molar-refractivity contribution in [2.75, 3.05) is 11.1 Å². The fourth-order valence-electron chi connectivity index (χ4n) is 3.77. The van der Waals surface area contributed by atoms with Crippen LogP contribution in [0.5, 0.6) is 5.75 Å². The van der Waals surface area contributed by atoms with Crippen molar-refractivity contribution in [1.29, 1.82) is 0 Å². The Morgan fingerprint density at radius 1 is 0.898 bits per heavy atom. The third-order valence-electron chi connectivity index (χ3n) is 5.75. The van der Waals surface area contributed by atoms with Gasteiger partial charge in [0.1, 0.15) is 0 Å². The minimum atomic E-state index is -5.36. The summed E-state index contributed by atoms with van der Waals surface area (Å²) < 4.78 is 101. The number of hydrazone groups is 1. The number of anilines is 3. The first-order valence-electron chi connectivity index (χ1n) is 12.3. The fourth-order valence-corrected chi connectivity index (χ4v) is 6.10. The molecule has 0 aliphatic carbocycles. The molecule has 0 unspecified atom stereocenters. The number of azo groups is 1. The molecule has 0 amide bonds. The van der Waals surface area contributed by atoms with Gasteiger partial charge in [0.25, 0.3) is 0 Å². The van der Waals surface area contributed by atoms with Crippen molar-refractivity contribution in [3.63, 3.8) is 0 Å². The number of nitrogens with two attached hydrogens (primary N) is 1. The Balaban J connectivity index is 1.96. The van der Waals surface area contributed by atoms with E-state index >= 15 is 0 Å². The van der Waals surface area contributed by atoms with Crippen molar-refractivity contribution in [2.24, 2.45) is 15.3 Å². The van der Waals surface area contributed by atoms with E-state index in [1.807, 2.05) is 0 Å². The number of carboxylic acid groups (broad SMARTS) is 1. The molecule has 8 N–H and O–H groups in total. The van der Waals surface area contributed by atoms with Crippen LogP contribution in [0.25, 0.3) is 0 Å². The van der Waals surface area contributed by atoms with Gasteiger partial charge in [-0.2, -0.15) is 4.98 Å². The van der Waals surface area contributed by atoms with Crippen molar-refractivity contribution < 1.29 is 73.4 Å². The Labute approximate surface area is 287 Å². The first-order chi connectivity index (χ1) is 22.7. The van der Waals surface area contributed by atoms with Gasteiger partial charge in [-0.3, -0.25) is 0 Å². The van der Waals surface area contributed by atoms with Gasteiger partial charge in [-0.25, -0.2) is 0 Å². The number of phenols is 1. The van der Waals surface area contributed by atoms with Crippen LogP contribution < -0.4 is 11.1 Å². The molecule has 3 aromatic carbocycles. The van der Waals surface area contributed by atoms with E-state index in [2.05, 4.69) is 35.6 Å². The summed E-state index contributed by atoms with van der Waals surface area (Å²) in [4.78, 5) is 20.0.